The van der Waals surface area contributed by atoms with Crippen molar-refractivity contribution in [3.05, 3.63) is 89.6 Å². The minimum atomic E-state index is -0.785. The number of fused-ring (bicyclic) bond motifs is 1. The molecule has 31 heavy (non-hydrogen) atoms. The van der Waals surface area contributed by atoms with E-state index in [2.05, 4.69) is 10.6 Å². The van der Waals surface area contributed by atoms with E-state index in [0.717, 1.165) is 21.9 Å². The third kappa shape index (κ3) is 6.02. The summed E-state index contributed by atoms with van der Waals surface area (Å²) in [4.78, 5) is 36.3. The molecule has 0 radical (unpaired) electrons. The lowest BCUT2D eigenvalue weighted by Gasteiger charge is -2.17. The normalized spacial score (nSPS) is 12.1. The standard InChI is InChI=1S/C25H24N2O4/c1-17(21-14-8-12-20-11-6-7-13-22(20)21)26-24(29)16-31-25(30)23(27-18(2)28)15-19-9-4-3-5-10-19/h3-15,17H,16H2,1-2H3,(H,26,29)(H,27,28)/b23-15-/t17-/m1/s1. The molecule has 6 nitrogen and oxygen atoms in total. The highest BCUT2D eigenvalue weighted by atomic mass is 16.5. The first-order valence-electron chi connectivity index (χ1n) is 9.92. The van der Waals surface area contributed by atoms with Crippen LogP contribution in [0.25, 0.3) is 16.8 Å². The van der Waals surface area contributed by atoms with E-state index < -0.39 is 24.4 Å². The third-order valence-corrected chi connectivity index (χ3v) is 4.64. The van der Waals surface area contributed by atoms with Gasteiger partial charge in [0.15, 0.2) is 6.61 Å². The van der Waals surface area contributed by atoms with Gasteiger partial charge in [-0.1, -0.05) is 72.8 Å². The fourth-order valence-corrected chi connectivity index (χ4v) is 3.25. The first-order chi connectivity index (χ1) is 14.9. The van der Waals surface area contributed by atoms with Crippen molar-refractivity contribution in [2.45, 2.75) is 19.9 Å². The Morgan fingerprint density at radius 3 is 2.35 bits per heavy atom. The molecule has 2 amide bonds. The molecule has 0 bridgehead atoms. The van der Waals surface area contributed by atoms with E-state index in [1.54, 1.807) is 12.1 Å². The second kappa shape index (κ2) is 10.2. The van der Waals surface area contributed by atoms with E-state index in [-0.39, 0.29) is 11.7 Å². The lowest BCUT2D eigenvalue weighted by molar-refractivity contribution is -0.145. The van der Waals surface area contributed by atoms with Crippen LogP contribution >= 0.6 is 0 Å². The van der Waals surface area contributed by atoms with E-state index in [4.69, 9.17) is 4.74 Å². The van der Waals surface area contributed by atoms with E-state index in [0.29, 0.717) is 0 Å². The number of hydrogen-bond donors (Lipinski definition) is 2. The number of carbonyl (C=O) groups excluding carboxylic acids is 3. The summed E-state index contributed by atoms with van der Waals surface area (Å²) in [5.41, 5.74) is 1.66. The molecule has 3 rings (SSSR count). The summed E-state index contributed by atoms with van der Waals surface area (Å²) in [7, 11) is 0. The Hall–Kier alpha value is -3.93. The smallest absolute Gasteiger partial charge is 0.355 e. The number of carbonyl (C=O) groups is 3. The van der Waals surface area contributed by atoms with Crippen LogP contribution in [-0.2, 0) is 19.1 Å². The van der Waals surface area contributed by atoms with Crippen molar-refractivity contribution in [2.24, 2.45) is 0 Å². The molecule has 1 atom stereocenters. The molecule has 0 aromatic heterocycles. The highest BCUT2D eigenvalue weighted by molar-refractivity contribution is 5.98. The second-order valence-electron chi connectivity index (χ2n) is 7.08. The topological polar surface area (TPSA) is 84.5 Å². The molecule has 0 aliphatic carbocycles. The van der Waals surface area contributed by atoms with E-state index in [1.165, 1.54) is 13.0 Å². The van der Waals surface area contributed by atoms with Gasteiger partial charge >= 0.3 is 5.97 Å². The van der Waals surface area contributed by atoms with Crippen LogP contribution in [0.1, 0.15) is 31.0 Å². The maximum absolute atomic E-state index is 12.4. The lowest BCUT2D eigenvalue weighted by atomic mass is 10.00. The van der Waals surface area contributed by atoms with Crippen molar-refractivity contribution in [2.75, 3.05) is 6.61 Å². The quantitative estimate of drug-likeness (QED) is 0.454. The number of nitrogens with one attached hydrogen (secondary N) is 2. The molecule has 0 saturated heterocycles. The van der Waals surface area contributed by atoms with Crippen LogP contribution in [0.5, 0.6) is 0 Å². The van der Waals surface area contributed by atoms with Gasteiger partial charge in [-0.3, -0.25) is 9.59 Å². The fourth-order valence-electron chi connectivity index (χ4n) is 3.25. The molecule has 0 aliphatic heterocycles. The molecule has 158 valence electrons. The SMILES string of the molecule is CC(=O)N/C(=C\c1ccccc1)C(=O)OCC(=O)N[C@H](C)c1cccc2ccccc12. The van der Waals surface area contributed by atoms with Gasteiger partial charge in [-0.15, -0.1) is 0 Å². The van der Waals surface area contributed by atoms with Crippen molar-refractivity contribution in [1.82, 2.24) is 10.6 Å². The largest absolute Gasteiger partial charge is 0.451 e. The molecular weight excluding hydrogens is 392 g/mol. The molecule has 2 N–H and O–H groups in total. The highest BCUT2D eigenvalue weighted by Gasteiger charge is 2.17. The summed E-state index contributed by atoms with van der Waals surface area (Å²) in [5.74, 6) is -1.63. The predicted molar refractivity (Wildman–Crippen MR) is 120 cm³/mol. The molecule has 3 aromatic carbocycles. The van der Waals surface area contributed by atoms with Gasteiger partial charge in [0.25, 0.3) is 5.91 Å². The lowest BCUT2D eigenvalue weighted by Crippen LogP contribution is -2.33. The first kappa shape index (κ1) is 21.8. The Morgan fingerprint density at radius 1 is 0.935 bits per heavy atom. The van der Waals surface area contributed by atoms with Gasteiger partial charge in [0.2, 0.25) is 5.91 Å². The molecular formula is C25H24N2O4. The van der Waals surface area contributed by atoms with E-state index in [1.807, 2.05) is 67.6 Å². The van der Waals surface area contributed by atoms with Crippen LogP contribution in [0.3, 0.4) is 0 Å². The van der Waals surface area contributed by atoms with Gasteiger partial charge in [-0.25, -0.2) is 4.79 Å². The number of benzene rings is 3. The Kier molecular flexibility index (Phi) is 7.17. The maximum atomic E-state index is 12.4. The van der Waals surface area contributed by atoms with Crippen LogP contribution in [-0.4, -0.2) is 24.4 Å². The van der Waals surface area contributed by atoms with Gasteiger partial charge in [-0.05, 0) is 34.9 Å². The average Bonchev–Trinajstić information content (AvgIpc) is 2.77. The third-order valence-electron chi connectivity index (χ3n) is 4.64. The van der Waals surface area contributed by atoms with Crippen LogP contribution in [0.15, 0.2) is 78.5 Å². The summed E-state index contributed by atoms with van der Waals surface area (Å²) in [6.07, 6.45) is 1.50. The second-order valence-corrected chi connectivity index (χ2v) is 7.08. The average molecular weight is 416 g/mol. The molecule has 3 aromatic rings. The van der Waals surface area contributed by atoms with Crippen molar-refractivity contribution in [3.63, 3.8) is 0 Å². The number of rotatable bonds is 7. The van der Waals surface area contributed by atoms with Crippen molar-refractivity contribution in [3.8, 4) is 0 Å². The Morgan fingerprint density at radius 2 is 1.61 bits per heavy atom. The number of amides is 2. The van der Waals surface area contributed by atoms with Crippen molar-refractivity contribution >= 4 is 34.6 Å². The van der Waals surface area contributed by atoms with Crippen LogP contribution in [0.4, 0.5) is 0 Å². The Balaban J connectivity index is 1.64. The van der Waals surface area contributed by atoms with Crippen LogP contribution in [0, 0.1) is 0 Å². The highest BCUT2D eigenvalue weighted by Crippen LogP contribution is 2.23. The summed E-state index contributed by atoms with van der Waals surface area (Å²) in [5, 5.41) is 7.44. The van der Waals surface area contributed by atoms with Crippen molar-refractivity contribution < 1.29 is 19.1 Å². The molecule has 0 unspecified atom stereocenters. The van der Waals surface area contributed by atoms with Gasteiger partial charge in [0.1, 0.15) is 5.70 Å². The monoisotopic (exact) mass is 416 g/mol. The molecule has 0 spiro atoms. The Labute approximate surface area is 180 Å². The zero-order valence-corrected chi connectivity index (χ0v) is 17.4. The van der Waals surface area contributed by atoms with Gasteiger partial charge in [0.05, 0.1) is 6.04 Å². The predicted octanol–water partition coefficient (Wildman–Crippen LogP) is 3.74. The molecule has 0 fully saturated rings. The summed E-state index contributed by atoms with van der Waals surface area (Å²) in [6.45, 7) is 2.71. The zero-order valence-electron chi connectivity index (χ0n) is 17.4. The minimum absolute atomic E-state index is 0.0337. The number of ether oxygens (including phenoxy) is 1. The van der Waals surface area contributed by atoms with E-state index in [9.17, 15) is 14.4 Å². The molecule has 0 heterocycles. The molecule has 0 aliphatic rings. The van der Waals surface area contributed by atoms with E-state index >= 15 is 0 Å². The van der Waals surface area contributed by atoms with Crippen LogP contribution in [0.2, 0.25) is 0 Å². The van der Waals surface area contributed by atoms with Crippen LogP contribution < -0.4 is 10.6 Å². The summed E-state index contributed by atoms with van der Waals surface area (Å²) >= 11 is 0. The van der Waals surface area contributed by atoms with Crippen molar-refractivity contribution in [1.29, 1.82) is 0 Å². The molecule has 6 heteroatoms. The zero-order chi connectivity index (χ0) is 22.2. The van der Waals surface area contributed by atoms with Gasteiger partial charge in [0, 0.05) is 6.92 Å². The van der Waals surface area contributed by atoms with Gasteiger partial charge in [-0.2, -0.15) is 0 Å². The summed E-state index contributed by atoms with van der Waals surface area (Å²) in [6, 6.07) is 22.6. The van der Waals surface area contributed by atoms with Gasteiger partial charge < -0.3 is 15.4 Å². The Bertz CT molecular complexity index is 1120. The number of esters is 1. The number of hydrogen-bond acceptors (Lipinski definition) is 4. The maximum Gasteiger partial charge on any atom is 0.355 e. The minimum Gasteiger partial charge on any atom is -0.451 e. The summed E-state index contributed by atoms with van der Waals surface area (Å²) < 4.78 is 5.13. The first-order valence-corrected chi connectivity index (χ1v) is 9.92. The molecule has 0 saturated carbocycles. The fraction of sp³-hybridized carbons (Fsp3) is 0.160.